The van der Waals surface area contributed by atoms with E-state index in [1.54, 1.807) is 13.8 Å². The van der Waals surface area contributed by atoms with Crippen LogP contribution in [0, 0.1) is 5.41 Å². The Labute approximate surface area is 183 Å². The minimum atomic E-state index is -1.01. The molecule has 1 aliphatic heterocycles. The van der Waals surface area contributed by atoms with E-state index >= 15 is 0 Å². The number of rotatable bonds is 11. The highest BCUT2D eigenvalue weighted by atomic mass is 32.2. The van der Waals surface area contributed by atoms with Crippen molar-refractivity contribution in [2.24, 2.45) is 5.41 Å². The Balaban J connectivity index is 2.19. The summed E-state index contributed by atoms with van der Waals surface area (Å²) in [5.74, 6) is -1.81. The third kappa shape index (κ3) is 10.1. The van der Waals surface area contributed by atoms with Crippen molar-refractivity contribution >= 4 is 46.6 Å². The van der Waals surface area contributed by atoms with Crippen molar-refractivity contribution in [3.63, 3.8) is 0 Å². The summed E-state index contributed by atoms with van der Waals surface area (Å²) in [6.45, 7) is 3.73. The van der Waals surface area contributed by atoms with E-state index in [-0.39, 0.29) is 44.2 Å². The van der Waals surface area contributed by atoms with Gasteiger partial charge < -0.3 is 24.8 Å². The van der Waals surface area contributed by atoms with Crippen LogP contribution in [0.25, 0.3) is 0 Å². The molecule has 0 aromatic heterocycles. The van der Waals surface area contributed by atoms with E-state index in [1.165, 1.54) is 7.11 Å². The minimum Gasteiger partial charge on any atom is -0.466 e. The Hall–Kier alpha value is -2.89. The second kappa shape index (κ2) is 12.7. The van der Waals surface area contributed by atoms with Gasteiger partial charge in [0.05, 0.1) is 13.5 Å². The molecule has 1 atom stereocenters. The van der Waals surface area contributed by atoms with Crippen LogP contribution in [0.3, 0.4) is 0 Å². The van der Waals surface area contributed by atoms with Gasteiger partial charge in [0.15, 0.2) is 17.0 Å². The van der Waals surface area contributed by atoms with E-state index < -0.39 is 40.4 Å². The number of methoxy groups -OCH3 is 1. The molecule has 12 heteroatoms. The van der Waals surface area contributed by atoms with Gasteiger partial charge in [0.1, 0.15) is 6.61 Å². The van der Waals surface area contributed by atoms with Gasteiger partial charge in [-0.05, 0) is 6.08 Å². The van der Waals surface area contributed by atoms with E-state index in [4.69, 9.17) is 9.47 Å². The molecule has 172 valence electrons. The number of hydrogen-bond donors (Lipinski definition) is 2. The first kappa shape index (κ1) is 26.1. The zero-order valence-electron chi connectivity index (χ0n) is 17.6. The number of thioether (sulfide) groups is 1. The van der Waals surface area contributed by atoms with Gasteiger partial charge in [0.2, 0.25) is 5.91 Å². The van der Waals surface area contributed by atoms with Gasteiger partial charge >= 0.3 is 12.1 Å². The third-order valence-electron chi connectivity index (χ3n) is 3.99. The molecule has 0 saturated carbocycles. The molecule has 0 spiro atoms. The molecular weight excluding hydrogens is 432 g/mol. The lowest BCUT2D eigenvalue weighted by Gasteiger charge is -2.35. The largest absolute Gasteiger partial charge is 0.509 e. The van der Waals surface area contributed by atoms with Gasteiger partial charge in [-0.2, -0.15) is 0 Å². The molecule has 2 N–H and O–H groups in total. The fourth-order valence-electron chi connectivity index (χ4n) is 2.34. The monoisotopic (exact) mass is 458 g/mol. The Kier molecular flexibility index (Phi) is 10.7. The summed E-state index contributed by atoms with van der Waals surface area (Å²) in [7, 11) is 1.17. The standard InChI is InChI=1S/C19H26N2O9S/c1-19(2)11-29-18(27)30-16(19)17(26)21-7-6-13(23)20-8-9-31-15(25)10-12(22)4-5-14(24)28-3/h4-5,16H,6-11H2,1-3H3,(H,20,23)(H,21,26)/b5-4+/t16-/m0/s1. The van der Waals surface area contributed by atoms with Gasteiger partial charge in [-0.15, -0.1) is 0 Å². The molecule has 0 radical (unpaired) electrons. The van der Waals surface area contributed by atoms with Crippen LogP contribution in [0.2, 0.25) is 0 Å². The molecule has 1 heterocycles. The number of hydrogen-bond acceptors (Lipinski definition) is 10. The number of esters is 1. The number of ether oxygens (including phenoxy) is 3. The average molecular weight is 458 g/mol. The molecular formula is C19H26N2O9S. The normalized spacial score (nSPS) is 17.3. The number of nitrogens with one attached hydrogen (secondary N) is 2. The molecule has 31 heavy (non-hydrogen) atoms. The molecule has 0 aromatic carbocycles. The molecule has 0 bridgehead atoms. The van der Waals surface area contributed by atoms with Crippen molar-refractivity contribution in [2.75, 3.05) is 32.6 Å². The summed E-state index contributed by atoms with van der Waals surface area (Å²) in [6.07, 6.45) is -0.381. The zero-order chi connectivity index (χ0) is 23.4. The smallest absolute Gasteiger partial charge is 0.466 e. The van der Waals surface area contributed by atoms with Crippen LogP contribution in [0.1, 0.15) is 26.7 Å². The lowest BCUT2D eigenvalue weighted by atomic mass is 9.86. The van der Waals surface area contributed by atoms with Crippen LogP contribution in [0.15, 0.2) is 12.2 Å². The Bertz CT molecular complexity index is 749. The summed E-state index contributed by atoms with van der Waals surface area (Å²) in [5, 5.41) is 4.74. The predicted molar refractivity (Wildman–Crippen MR) is 109 cm³/mol. The van der Waals surface area contributed by atoms with E-state index in [9.17, 15) is 28.8 Å². The van der Waals surface area contributed by atoms with E-state index in [0.29, 0.717) is 0 Å². The van der Waals surface area contributed by atoms with Crippen molar-refractivity contribution < 1.29 is 43.0 Å². The SMILES string of the molecule is COC(=O)/C=C/C(=O)CC(=O)SCCNC(=O)CCNC(=O)[C@@H]1OC(=O)OCC1(C)C. The molecule has 0 aromatic rings. The summed E-state index contributed by atoms with van der Waals surface area (Å²) in [4.78, 5) is 69.3. The van der Waals surface area contributed by atoms with Gasteiger partial charge in [-0.3, -0.25) is 19.2 Å². The molecule has 2 amide bonds. The fourth-order valence-corrected chi connectivity index (χ4v) is 3.01. The van der Waals surface area contributed by atoms with Crippen molar-refractivity contribution in [1.82, 2.24) is 10.6 Å². The maximum Gasteiger partial charge on any atom is 0.509 e. The van der Waals surface area contributed by atoms with E-state index in [0.717, 1.165) is 23.9 Å². The summed E-state index contributed by atoms with van der Waals surface area (Å²) < 4.78 is 14.0. The number of ketones is 1. The first-order valence-corrected chi connectivity index (χ1v) is 10.4. The van der Waals surface area contributed by atoms with Gasteiger partial charge in [-0.25, -0.2) is 9.59 Å². The van der Waals surface area contributed by atoms with Crippen molar-refractivity contribution in [3.8, 4) is 0 Å². The lowest BCUT2D eigenvalue weighted by Crippen LogP contribution is -2.52. The van der Waals surface area contributed by atoms with Gasteiger partial charge in [-0.1, -0.05) is 25.6 Å². The minimum absolute atomic E-state index is 0.00123. The molecule has 1 saturated heterocycles. The Morgan fingerprint density at radius 3 is 2.55 bits per heavy atom. The highest BCUT2D eigenvalue weighted by molar-refractivity contribution is 8.13. The van der Waals surface area contributed by atoms with Crippen LogP contribution in [0.5, 0.6) is 0 Å². The van der Waals surface area contributed by atoms with Crippen LogP contribution >= 0.6 is 11.8 Å². The highest BCUT2D eigenvalue weighted by Crippen LogP contribution is 2.28. The third-order valence-corrected chi connectivity index (χ3v) is 4.86. The number of carbonyl (C=O) groups is 6. The highest BCUT2D eigenvalue weighted by Gasteiger charge is 2.43. The maximum absolute atomic E-state index is 12.2. The summed E-state index contributed by atoms with van der Waals surface area (Å²) >= 11 is 0.880. The molecule has 11 nitrogen and oxygen atoms in total. The van der Waals surface area contributed by atoms with Crippen molar-refractivity contribution in [2.45, 2.75) is 32.8 Å². The lowest BCUT2D eigenvalue weighted by molar-refractivity contribution is -0.149. The second-order valence-corrected chi connectivity index (χ2v) is 8.29. The van der Waals surface area contributed by atoms with E-state index in [1.807, 2.05) is 0 Å². The van der Waals surface area contributed by atoms with Crippen LogP contribution < -0.4 is 10.6 Å². The van der Waals surface area contributed by atoms with E-state index in [2.05, 4.69) is 15.4 Å². The van der Waals surface area contributed by atoms with Crippen LogP contribution in [-0.4, -0.2) is 73.5 Å². The van der Waals surface area contributed by atoms with Crippen molar-refractivity contribution in [3.05, 3.63) is 12.2 Å². The Morgan fingerprint density at radius 2 is 1.87 bits per heavy atom. The second-order valence-electron chi connectivity index (χ2n) is 7.14. The van der Waals surface area contributed by atoms with Crippen LogP contribution in [-0.2, 0) is 38.2 Å². The Morgan fingerprint density at radius 1 is 1.16 bits per heavy atom. The van der Waals surface area contributed by atoms with Crippen LogP contribution in [0.4, 0.5) is 4.79 Å². The molecule has 0 aliphatic carbocycles. The quantitative estimate of drug-likeness (QED) is 0.189. The van der Waals surface area contributed by atoms with Crippen molar-refractivity contribution in [1.29, 1.82) is 0 Å². The molecule has 1 aliphatic rings. The predicted octanol–water partition coefficient (Wildman–Crippen LogP) is 0.119. The summed E-state index contributed by atoms with van der Waals surface area (Å²) in [5.41, 5.74) is -0.694. The number of cyclic esters (lactones) is 2. The van der Waals surface area contributed by atoms with Gasteiger partial charge in [0, 0.05) is 36.8 Å². The topological polar surface area (TPSA) is 154 Å². The fraction of sp³-hybridized carbons (Fsp3) is 0.579. The number of carbonyl (C=O) groups excluding carboxylic acids is 6. The first-order valence-electron chi connectivity index (χ1n) is 9.37. The first-order chi connectivity index (χ1) is 14.5. The molecule has 0 unspecified atom stereocenters. The molecule has 1 fully saturated rings. The number of allylic oxidation sites excluding steroid dienone is 1. The zero-order valence-corrected chi connectivity index (χ0v) is 18.4. The number of amides is 2. The molecule has 1 rings (SSSR count). The summed E-state index contributed by atoms with van der Waals surface area (Å²) in [6, 6.07) is 0. The maximum atomic E-state index is 12.2. The van der Waals surface area contributed by atoms with Gasteiger partial charge in [0.25, 0.3) is 5.91 Å². The average Bonchev–Trinajstić information content (AvgIpc) is 2.71.